The smallest absolute Gasteiger partial charge is 0.256 e. The maximum Gasteiger partial charge on any atom is 0.256 e. The zero-order valence-corrected chi connectivity index (χ0v) is 11.1. The summed E-state index contributed by atoms with van der Waals surface area (Å²) in [5.41, 5.74) is -0.167. The van der Waals surface area contributed by atoms with Crippen molar-refractivity contribution < 1.29 is 18.0 Å². The molecule has 0 aliphatic heterocycles. The Bertz CT molecular complexity index is 875. The van der Waals surface area contributed by atoms with Gasteiger partial charge in [0.05, 0.1) is 5.69 Å². The van der Waals surface area contributed by atoms with Crippen LogP contribution >= 0.6 is 0 Å². The van der Waals surface area contributed by atoms with Gasteiger partial charge in [0.2, 0.25) is 0 Å². The van der Waals surface area contributed by atoms with Crippen LogP contribution in [0.1, 0.15) is 10.4 Å². The molecule has 0 saturated carbocycles. The van der Waals surface area contributed by atoms with Gasteiger partial charge in [-0.1, -0.05) is 12.1 Å². The summed E-state index contributed by atoms with van der Waals surface area (Å²) in [4.78, 5) is 16.2. The van der Waals surface area contributed by atoms with Crippen LogP contribution in [-0.2, 0) is 0 Å². The van der Waals surface area contributed by atoms with Gasteiger partial charge in [0.15, 0.2) is 17.5 Å². The maximum absolute atomic E-state index is 13.6. The summed E-state index contributed by atoms with van der Waals surface area (Å²) in [6.07, 6.45) is 3.09. The number of benzene rings is 2. The van der Waals surface area contributed by atoms with Gasteiger partial charge < -0.3 is 5.32 Å². The highest BCUT2D eigenvalue weighted by Crippen LogP contribution is 2.22. The molecule has 1 amide bonds. The van der Waals surface area contributed by atoms with E-state index in [-0.39, 0.29) is 5.56 Å². The van der Waals surface area contributed by atoms with Crippen molar-refractivity contribution in [1.29, 1.82) is 0 Å². The topological polar surface area (TPSA) is 42.0 Å². The van der Waals surface area contributed by atoms with Crippen molar-refractivity contribution in [2.24, 2.45) is 0 Å². The van der Waals surface area contributed by atoms with Crippen LogP contribution < -0.4 is 5.32 Å². The number of halogens is 3. The van der Waals surface area contributed by atoms with Gasteiger partial charge in [0, 0.05) is 23.3 Å². The molecular weight excluding hydrogens is 293 g/mol. The first-order chi connectivity index (χ1) is 10.6. The van der Waals surface area contributed by atoms with Crippen LogP contribution in [0.5, 0.6) is 0 Å². The van der Waals surface area contributed by atoms with Crippen LogP contribution in [0.25, 0.3) is 10.8 Å². The first-order valence-corrected chi connectivity index (χ1v) is 6.35. The second-order valence-corrected chi connectivity index (χ2v) is 4.58. The number of rotatable bonds is 2. The Morgan fingerprint density at radius 2 is 1.82 bits per heavy atom. The third-order valence-electron chi connectivity index (χ3n) is 3.21. The van der Waals surface area contributed by atoms with Crippen molar-refractivity contribution in [2.75, 3.05) is 5.32 Å². The standard InChI is InChI=1S/C16H9F3N2O/c17-12-4-5-13(15(19)14(12)18)21-16(22)10-3-1-2-9-6-7-20-8-11(9)10/h1-8H,(H,21,22). The number of aromatic nitrogens is 1. The van der Waals surface area contributed by atoms with Crippen LogP contribution in [0.2, 0.25) is 0 Å². The highest BCUT2D eigenvalue weighted by molar-refractivity contribution is 6.12. The molecule has 2 aromatic carbocycles. The van der Waals surface area contributed by atoms with Gasteiger partial charge in [-0.05, 0) is 29.7 Å². The van der Waals surface area contributed by atoms with E-state index in [1.165, 1.54) is 12.3 Å². The minimum Gasteiger partial charge on any atom is -0.319 e. The van der Waals surface area contributed by atoms with Gasteiger partial charge in [-0.3, -0.25) is 9.78 Å². The van der Waals surface area contributed by atoms with Gasteiger partial charge in [-0.2, -0.15) is 0 Å². The van der Waals surface area contributed by atoms with E-state index in [1.54, 1.807) is 24.4 Å². The molecule has 110 valence electrons. The molecule has 3 rings (SSSR count). The largest absolute Gasteiger partial charge is 0.319 e. The number of nitrogens with zero attached hydrogens (tertiary/aromatic N) is 1. The molecule has 0 aliphatic rings. The second-order valence-electron chi connectivity index (χ2n) is 4.58. The molecule has 3 aromatic rings. The summed E-state index contributed by atoms with van der Waals surface area (Å²) in [6, 6.07) is 8.44. The van der Waals surface area contributed by atoms with E-state index in [0.717, 1.165) is 17.5 Å². The van der Waals surface area contributed by atoms with Gasteiger partial charge in [-0.15, -0.1) is 0 Å². The van der Waals surface area contributed by atoms with Gasteiger partial charge in [-0.25, -0.2) is 13.2 Å². The van der Waals surface area contributed by atoms with E-state index < -0.39 is 29.0 Å². The summed E-state index contributed by atoms with van der Waals surface area (Å²) in [6.45, 7) is 0. The molecule has 0 bridgehead atoms. The lowest BCUT2D eigenvalue weighted by molar-refractivity contribution is 0.102. The highest BCUT2D eigenvalue weighted by Gasteiger charge is 2.17. The summed E-state index contributed by atoms with van der Waals surface area (Å²) in [7, 11) is 0. The Kier molecular flexibility index (Phi) is 3.50. The third kappa shape index (κ3) is 2.39. The van der Waals surface area contributed by atoms with E-state index in [4.69, 9.17) is 0 Å². The van der Waals surface area contributed by atoms with E-state index in [2.05, 4.69) is 10.3 Å². The van der Waals surface area contributed by atoms with Crippen molar-refractivity contribution in [3.05, 3.63) is 71.8 Å². The average Bonchev–Trinajstić information content (AvgIpc) is 2.55. The quantitative estimate of drug-likeness (QED) is 0.729. The third-order valence-corrected chi connectivity index (χ3v) is 3.21. The predicted molar refractivity (Wildman–Crippen MR) is 76.0 cm³/mol. The molecule has 0 spiro atoms. The lowest BCUT2D eigenvalue weighted by Crippen LogP contribution is -2.14. The molecule has 0 unspecified atom stereocenters. The minimum absolute atomic E-state index is 0.259. The van der Waals surface area contributed by atoms with E-state index >= 15 is 0 Å². The number of hydrogen-bond acceptors (Lipinski definition) is 2. The number of carbonyl (C=O) groups excluding carboxylic acids is 1. The Balaban J connectivity index is 1.99. The van der Waals surface area contributed by atoms with Crippen molar-refractivity contribution in [1.82, 2.24) is 4.98 Å². The lowest BCUT2D eigenvalue weighted by atomic mass is 10.1. The predicted octanol–water partition coefficient (Wildman–Crippen LogP) is 3.90. The molecule has 0 aliphatic carbocycles. The summed E-state index contributed by atoms with van der Waals surface area (Å²) < 4.78 is 39.7. The van der Waals surface area contributed by atoms with Crippen LogP contribution in [0.4, 0.5) is 18.9 Å². The zero-order valence-electron chi connectivity index (χ0n) is 11.1. The summed E-state index contributed by atoms with van der Waals surface area (Å²) >= 11 is 0. The Labute approximate surface area is 123 Å². The highest BCUT2D eigenvalue weighted by atomic mass is 19.2. The normalized spacial score (nSPS) is 10.7. The van der Waals surface area contributed by atoms with Gasteiger partial charge in [0.1, 0.15) is 0 Å². The molecular formula is C16H9F3N2O. The Hall–Kier alpha value is -2.89. The number of amides is 1. The van der Waals surface area contributed by atoms with Gasteiger partial charge >= 0.3 is 0 Å². The fourth-order valence-electron chi connectivity index (χ4n) is 2.12. The molecule has 1 N–H and O–H groups in total. The fraction of sp³-hybridized carbons (Fsp3) is 0. The molecule has 1 aromatic heterocycles. The molecule has 1 heterocycles. The van der Waals surface area contributed by atoms with E-state index in [1.807, 2.05) is 0 Å². The van der Waals surface area contributed by atoms with Crippen LogP contribution in [0.15, 0.2) is 48.8 Å². The molecule has 3 nitrogen and oxygen atoms in total. The molecule has 22 heavy (non-hydrogen) atoms. The van der Waals surface area contributed by atoms with E-state index in [9.17, 15) is 18.0 Å². The van der Waals surface area contributed by atoms with Crippen molar-refractivity contribution in [3.63, 3.8) is 0 Å². The number of anilines is 1. The van der Waals surface area contributed by atoms with Crippen LogP contribution in [-0.4, -0.2) is 10.9 Å². The number of carbonyl (C=O) groups is 1. The zero-order chi connectivity index (χ0) is 15.7. The SMILES string of the molecule is O=C(Nc1ccc(F)c(F)c1F)c1cccc2ccncc12. The molecule has 0 saturated heterocycles. The fourth-order valence-corrected chi connectivity index (χ4v) is 2.12. The first-order valence-electron chi connectivity index (χ1n) is 6.35. The van der Waals surface area contributed by atoms with E-state index in [0.29, 0.717) is 5.39 Å². The van der Waals surface area contributed by atoms with Crippen molar-refractivity contribution in [3.8, 4) is 0 Å². The Morgan fingerprint density at radius 3 is 2.64 bits per heavy atom. The molecule has 6 heteroatoms. The Morgan fingerprint density at radius 1 is 1.00 bits per heavy atom. The van der Waals surface area contributed by atoms with Crippen molar-refractivity contribution >= 4 is 22.4 Å². The number of fused-ring (bicyclic) bond motifs is 1. The average molecular weight is 302 g/mol. The minimum atomic E-state index is -1.63. The van der Waals surface area contributed by atoms with Gasteiger partial charge in [0.25, 0.3) is 5.91 Å². The molecule has 0 atom stereocenters. The number of pyridine rings is 1. The van der Waals surface area contributed by atoms with Crippen molar-refractivity contribution in [2.45, 2.75) is 0 Å². The summed E-state index contributed by atoms with van der Waals surface area (Å²) in [5.74, 6) is -5.02. The number of hydrogen-bond donors (Lipinski definition) is 1. The number of nitrogens with one attached hydrogen (secondary N) is 1. The monoisotopic (exact) mass is 302 g/mol. The lowest BCUT2D eigenvalue weighted by Gasteiger charge is -2.09. The summed E-state index contributed by atoms with van der Waals surface area (Å²) in [5, 5.41) is 3.60. The van der Waals surface area contributed by atoms with Crippen LogP contribution in [0.3, 0.4) is 0 Å². The van der Waals surface area contributed by atoms with Crippen LogP contribution in [0, 0.1) is 17.5 Å². The second kappa shape index (κ2) is 5.48. The molecule has 0 fully saturated rings. The maximum atomic E-state index is 13.6. The molecule has 0 radical (unpaired) electrons. The first kappa shape index (κ1) is 14.1.